The first-order valence-corrected chi connectivity index (χ1v) is 10.2. The number of nitrogens with zero attached hydrogens (tertiary/aromatic N) is 2. The summed E-state index contributed by atoms with van der Waals surface area (Å²) in [5.74, 6) is 0.350. The Kier molecular flexibility index (Phi) is 6.54. The molecule has 4 rings (SSSR count). The fourth-order valence-electron chi connectivity index (χ4n) is 3.09. The maximum Gasteiger partial charge on any atom is 0.124 e. The second kappa shape index (κ2) is 10.0. The van der Waals surface area contributed by atoms with Crippen molar-refractivity contribution in [2.45, 2.75) is 0 Å². The summed E-state index contributed by atoms with van der Waals surface area (Å²) >= 11 is 0. The lowest BCUT2D eigenvalue weighted by Gasteiger charge is -2.04. The lowest BCUT2D eigenvalue weighted by atomic mass is 10.1. The molecule has 0 atom stereocenters. The summed E-state index contributed by atoms with van der Waals surface area (Å²) in [6.45, 7) is 0. The minimum atomic E-state index is 0.173. The zero-order chi connectivity index (χ0) is 22.2. The number of rotatable bonds is 6. The Bertz CT molecular complexity index is 1290. The Labute approximate surface area is 187 Å². The molecule has 0 aliphatic rings. The van der Waals surface area contributed by atoms with Crippen LogP contribution in [0.3, 0.4) is 0 Å². The highest BCUT2D eigenvalue weighted by atomic mass is 16.3. The summed E-state index contributed by atoms with van der Waals surface area (Å²) in [5.41, 5.74) is 4.70. The summed E-state index contributed by atoms with van der Waals surface area (Å²) in [6, 6.07) is 29.9. The SMILES string of the molecule is Oc1ccccc1C=Nc1ccc(/C=C/c2ccccc2)c(N=Cc2ccccc2O)c1. The molecule has 0 saturated heterocycles. The highest BCUT2D eigenvalue weighted by Gasteiger charge is 2.03. The molecular weight excluding hydrogens is 396 g/mol. The smallest absolute Gasteiger partial charge is 0.124 e. The van der Waals surface area contributed by atoms with Crippen molar-refractivity contribution in [3.8, 4) is 11.5 Å². The number of phenolic OH excluding ortho intramolecular Hbond substituents is 2. The summed E-state index contributed by atoms with van der Waals surface area (Å²) < 4.78 is 0. The molecule has 4 aromatic carbocycles. The van der Waals surface area contributed by atoms with Crippen molar-refractivity contribution in [1.29, 1.82) is 0 Å². The standard InChI is InChI=1S/C28H22N2O2/c31-27-12-6-4-10-23(27)19-29-25-17-16-22(15-14-21-8-2-1-3-9-21)26(18-25)30-20-24-11-5-7-13-28(24)32/h1-20,31-32H/b15-14+,29-19?,30-20?. The van der Waals surface area contributed by atoms with E-state index in [-0.39, 0.29) is 11.5 Å². The molecule has 0 radical (unpaired) electrons. The molecule has 4 heteroatoms. The lowest BCUT2D eigenvalue weighted by molar-refractivity contribution is 0.474. The molecule has 0 aliphatic heterocycles. The number of benzene rings is 4. The van der Waals surface area contributed by atoms with E-state index in [1.54, 1.807) is 48.8 Å². The molecule has 0 bridgehead atoms. The molecule has 0 amide bonds. The third-order valence-corrected chi connectivity index (χ3v) is 4.84. The number of phenols is 2. The Balaban J connectivity index is 1.68. The average molecular weight is 418 g/mol. The van der Waals surface area contributed by atoms with Gasteiger partial charge in [0.25, 0.3) is 0 Å². The molecule has 4 nitrogen and oxygen atoms in total. The zero-order valence-corrected chi connectivity index (χ0v) is 17.3. The number of hydrogen-bond donors (Lipinski definition) is 2. The zero-order valence-electron chi connectivity index (χ0n) is 17.3. The predicted molar refractivity (Wildman–Crippen MR) is 133 cm³/mol. The molecule has 156 valence electrons. The van der Waals surface area contributed by atoms with Gasteiger partial charge in [0.05, 0.1) is 11.4 Å². The van der Waals surface area contributed by atoms with Crippen LogP contribution in [-0.4, -0.2) is 22.6 Å². The van der Waals surface area contributed by atoms with Crippen LogP contribution < -0.4 is 0 Å². The minimum absolute atomic E-state index is 0.173. The molecule has 0 heterocycles. The molecule has 0 spiro atoms. The van der Waals surface area contributed by atoms with Crippen molar-refractivity contribution < 1.29 is 10.2 Å². The molecule has 4 aromatic rings. The summed E-state index contributed by atoms with van der Waals surface area (Å²) in [5, 5.41) is 20.0. The molecule has 0 fully saturated rings. The third-order valence-electron chi connectivity index (χ3n) is 4.84. The quantitative estimate of drug-likeness (QED) is 0.268. The minimum Gasteiger partial charge on any atom is -0.507 e. The van der Waals surface area contributed by atoms with E-state index < -0.39 is 0 Å². The van der Waals surface area contributed by atoms with E-state index in [4.69, 9.17) is 0 Å². The first-order chi connectivity index (χ1) is 15.7. The van der Waals surface area contributed by atoms with E-state index in [0.29, 0.717) is 22.5 Å². The molecule has 0 saturated carbocycles. The van der Waals surface area contributed by atoms with E-state index in [1.165, 1.54) is 0 Å². The Morgan fingerprint density at radius 1 is 0.531 bits per heavy atom. The van der Waals surface area contributed by atoms with Crippen LogP contribution in [0.2, 0.25) is 0 Å². The summed E-state index contributed by atoms with van der Waals surface area (Å²) in [7, 11) is 0. The van der Waals surface area contributed by atoms with E-state index in [2.05, 4.69) is 9.98 Å². The normalized spacial score (nSPS) is 11.6. The van der Waals surface area contributed by atoms with Gasteiger partial charge in [-0.15, -0.1) is 0 Å². The van der Waals surface area contributed by atoms with Crippen molar-refractivity contribution in [2.75, 3.05) is 0 Å². The van der Waals surface area contributed by atoms with Crippen molar-refractivity contribution in [3.63, 3.8) is 0 Å². The van der Waals surface area contributed by atoms with Crippen LogP contribution in [0.15, 0.2) is 107 Å². The predicted octanol–water partition coefficient (Wildman–Crippen LogP) is 6.77. The third kappa shape index (κ3) is 5.37. The second-order valence-electron chi connectivity index (χ2n) is 7.12. The van der Waals surface area contributed by atoms with Gasteiger partial charge >= 0.3 is 0 Å². The van der Waals surface area contributed by atoms with Gasteiger partial charge < -0.3 is 10.2 Å². The van der Waals surface area contributed by atoms with Gasteiger partial charge in [-0.25, -0.2) is 0 Å². The topological polar surface area (TPSA) is 65.2 Å². The maximum absolute atomic E-state index is 10.0. The Morgan fingerprint density at radius 2 is 1.12 bits per heavy atom. The van der Waals surface area contributed by atoms with E-state index >= 15 is 0 Å². The van der Waals surface area contributed by atoms with Gasteiger partial charge in [0.1, 0.15) is 11.5 Å². The summed E-state index contributed by atoms with van der Waals surface area (Å²) in [6.07, 6.45) is 7.30. The largest absolute Gasteiger partial charge is 0.507 e. The van der Waals surface area contributed by atoms with Gasteiger partial charge in [-0.3, -0.25) is 9.98 Å². The first kappa shape index (κ1) is 20.8. The van der Waals surface area contributed by atoms with E-state index in [9.17, 15) is 10.2 Å². The van der Waals surface area contributed by atoms with E-state index in [1.807, 2.05) is 72.8 Å². The average Bonchev–Trinajstić information content (AvgIpc) is 2.83. The van der Waals surface area contributed by atoms with Gasteiger partial charge in [-0.2, -0.15) is 0 Å². The number of aliphatic imine (C=N–C) groups is 2. The first-order valence-electron chi connectivity index (χ1n) is 10.2. The van der Waals surface area contributed by atoms with Crippen molar-refractivity contribution in [2.24, 2.45) is 9.98 Å². The highest BCUT2D eigenvalue weighted by Crippen LogP contribution is 2.28. The van der Waals surface area contributed by atoms with Crippen LogP contribution in [0, 0.1) is 0 Å². The van der Waals surface area contributed by atoms with Gasteiger partial charge in [0, 0.05) is 29.1 Å². The fourth-order valence-corrected chi connectivity index (χ4v) is 3.09. The van der Waals surface area contributed by atoms with Crippen molar-refractivity contribution >= 4 is 36.0 Å². The molecular formula is C28H22N2O2. The molecule has 0 aliphatic carbocycles. The van der Waals surface area contributed by atoms with Crippen LogP contribution >= 0.6 is 0 Å². The Hall–Kier alpha value is -4.44. The molecule has 0 unspecified atom stereocenters. The summed E-state index contributed by atoms with van der Waals surface area (Å²) in [4.78, 5) is 9.12. The van der Waals surface area contributed by atoms with Gasteiger partial charge in [0.15, 0.2) is 0 Å². The molecule has 32 heavy (non-hydrogen) atoms. The number of para-hydroxylation sites is 2. The number of hydrogen-bond acceptors (Lipinski definition) is 4. The number of aromatic hydroxyl groups is 2. The monoisotopic (exact) mass is 418 g/mol. The van der Waals surface area contributed by atoms with Crippen LogP contribution in [0.1, 0.15) is 22.3 Å². The van der Waals surface area contributed by atoms with E-state index in [0.717, 1.165) is 11.1 Å². The van der Waals surface area contributed by atoms with Crippen LogP contribution in [0.4, 0.5) is 11.4 Å². The fraction of sp³-hybridized carbons (Fsp3) is 0. The second-order valence-corrected chi connectivity index (χ2v) is 7.12. The van der Waals surface area contributed by atoms with Crippen molar-refractivity contribution in [3.05, 3.63) is 119 Å². The lowest BCUT2D eigenvalue weighted by Crippen LogP contribution is -1.83. The highest BCUT2D eigenvalue weighted by molar-refractivity contribution is 5.89. The molecule has 2 N–H and O–H groups in total. The van der Waals surface area contributed by atoms with Crippen LogP contribution in [0.5, 0.6) is 11.5 Å². The van der Waals surface area contributed by atoms with Gasteiger partial charge in [0.2, 0.25) is 0 Å². The van der Waals surface area contributed by atoms with Gasteiger partial charge in [-0.05, 0) is 42.0 Å². The van der Waals surface area contributed by atoms with Gasteiger partial charge in [-0.1, -0.05) is 72.8 Å². The van der Waals surface area contributed by atoms with Crippen LogP contribution in [0.25, 0.3) is 12.2 Å². The molecule has 0 aromatic heterocycles. The Morgan fingerprint density at radius 3 is 1.78 bits per heavy atom. The maximum atomic E-state index is 10.0. The van der Waals surface area contributed by atoms with Crippen LogP contribution in [-0.2, 0) is 0 Å². The van der Waals surface area contributed by atoms with Crippen molar-refractivity contribution in [1.82, 2.24) is 0 Å².